The van der Waals surface area contributed by atoms with Crippen molar-refractivity contribution in [3.8, 4) is 0 Å². The van der Waals surface area contributed by atoms with Crippen LogP contribution in [0.3, 0.4) is 0 Å². The monoisotopic (exact) mass is 358 g/mol. The third kappa shape index (κ3) is 3.86. The molecular weight excluding hydrogens is 345 g/mol. The van der Waals surface area contributed by atoms with Crippen LogP contribution >= 0.6 is 15.9 Å². The number of aliphatic hydroxyl groups is 1. The maximum atomic E-state index is 13.1. The largest absolute Gasteiger partial charge is 0.416 e. The molecule has 2 aromatic carbocycles. The van der Waals surface area contributed by atoms with Gasteiger partial charge in [-0.15, -0.1) is 0 Å². The molecular formula is C16H14BrF3O. The molecule has 2 rings (SSSR count). The van der Waals surface area contributed by atoms with Crippen LogP contribution in [-0.4, -0.2) is 5.11 Å². The first-order valence-corrected chi connectivity index (χ1v) is 7.17. The van der Waals surface area contributed by atoms with Gasteiger partial charge in [-0.2, -0.15) is 13.2 Å². The summed E-state index contributed by atoms with van der Waals surface area (Å²) in [7, 11) is 0. The Morgan fingerprint density at radius 2 is 1.81 bits per heavy atom. The van der Waals surface area contributed by atoms with Crippen molar-refractivity contribution in [2.24, 2.45) is 0 Å². The van der Waals surface area contributed by atoms with Crippen LogP contribution in [0.5, 0.6) is 0 Å². The Kier molecular flexibility index (Phi) is 4.74. The fourth-order valence-corrected chi connectivity index (χ4v) is 2.58. The summed E-state index contributed by atoms with van der Waals surface area (Å²) in [6, 6.07) is 11.2. The zero-order valence-electron chi connectivity index (χ0n) is 11.3. The third-order valence-electron chi connectivity index (χ3n) is 3.35. The summed E-state index contributed by atoms with van der Waals surface area (Å²) in [6.45, 7) is 1.87. The van der Waals surface area contributed by atoms with Gasteiger partial charge in [0.1, 0.15) is 0 Å². The van der Waals surface area contributed by atoms with E-state index in [0.29, 0.717) is 4.47 Å². The Bertz CT molecular complexity index is 638. The number of aliphatic hydroxyl groups excluding tert-OH is 1. The number of benzene rings is 2. The van der Waals surface area contributed by atoms with E-state index in [1.807, 2.05) is 25.1 Å². The van der Waals surface area contributed by atoms with Gasteiger partial charge in [0.25, 0.3) is 0 Å². The minimum absolute atomic E-state index is 0.103. The lowest BCUT2D eigenvalue weighted by atomic mass is 9.95. The Labute approximate surface area is 129 Å². The summed E-state index contributed by atoms with van der Waals surface area (Å²) in [5.41, 5.74) is 0.871. The van der Waals surface area contributed by atoms with E-state index in [-0.39, 0.29) is 12.0 Å². The minimum atomic E-state index is -4.49. The van der Waals surface area contributed by atoms with Gasteiger partial charge in [0.2, 0.25) is 0 Å². The second kappa shape index (κ2) is 6.20. The highest BCUT2D eigenvalue weighted by Gasteiger charge is 2.35. The number of hydrogen-bond donors (Lipinski definition) is 1. The first-order valence-electron chi connectivity index (χ1n) is 6.38. The zero-order valence-corrected chi connectivity index (χ0v) is 12.9. The average molecular weight is 359 g/mol. The van der Waals surface area contributed by atoms with Gasteiger partial charge in [0.05, 0.1) is 11.7 Å². The predicted octanol–water partition coefficient (Wildman–Crippen LogP) is 5.05. The van der Waals surface area contributed by atoms with Crippen LogP contribution in [-0.2, 0) is 12.6 Å². The number of rotatable bonds is 3. The molecule has 1 nitrogen and oxygen atoms in total. The molecule has 0 aliphatic carbocycles. The quantitative estimate of drug-likeness (QED) is 0.813. The van der Waals surface area contributed by atoms with Gasteiger partial charge < -0.3 is 5.11 Å². The predicted molar refractivity (Wildman–Crippen MR) is 79.0 cm³/mol. The molecule has 0 saturated carbocycles. The molecule has 0 saturated heterocycles. The summed E-state index contributed by atoms with van der Waals surface area (Å²) >= 11 is 3.03. The second-order valence-electron chi connectivity index (χ2n) is 4.88. The van der Waals surface area contributed by atoms with Crippen LogP contribution in [0, 0.1) is 6.92 Å². The van der Waals surface area contributed by atoms with Crippen LogP contribution in [0.1, 0.15) is 28.4 Å². The number of hydrogen-bond acceptors (Lipinski definition) is 1. The highest BCUT2D eigenvalue weighted by Crippen LogP contribution is 2.37. The van der Waals surface area contributed by atoms with Crippen molar-refractivity contribution in [3.63, 3.8) is 0 Å². The number of aryl methyl sites for hydroxylation is 1. The van der Waals surface area contributed by atoms with Gasteiger partial charge in [0.15, 0.2) is 0 Å². The van der Waals surface area contributed by atoms with Crippen LogP contribution in [0.2, 0.25) is 0 Å². The standard InChI is InChI=1S/C16H14BrF3O/c1-10-4-2-3-5-11(10)8-15(21)13-7-6-12(17)9-14(13)16(18,19)20/h2-7,9,15,21H,8H2,1H3. The van der Waals surface area contributed by atoms with Gasteiger partial charge in [-0.25, -0.2) is 0 Å². The molecule has 0 fully saturated rings. The molecule has 1 unspecified atom stereocenters. The molecule has 0 aromatic heterocycles. The van der Waals surface area contributed by atoms with Crippen LogP contribution in [0.25, 0.3) is 0 Å². The Balaban J connectivity index is 2.36. The van der Waals surface area contributed by atoms with Gasteiger partial charge in [-0.05, 0) is 35.7 Å². The first-order chi connectivity index (χ1) is 9.79. The lowest BCUT2D eigenvalue weighted by Gasteiger charge is -2.18. The fraction of sp³-hybridized carbons (Fsp3) is 0.250. The van der Waals surface area contributed by atoms with Crippen LogP contribution in [0.15, 0.2) is 46.9 Å². The van der Waals surface area contributed by atoms with E-state index in [1.165, 1.54) is 12.1 Å². The first kappa shape index (κ1) is 16.0. The van der Waals surface area contributed by atoms with Gasteiger partial charge in [-0.3, -0.25) is 0 Å². The summed E-state index contributed by atoms with van der Waals surface area (Å²) in [6.07, 6.45) is -5.54. The number of halogens is 4. The Morgan fingerprint density at radius 1 is 1.14 bits per heavy atom. The van der Waals surface area contributed by atoms with Crippen molar-refractivity contribution >= 4 is 15.9 Å². The van der Waals surface area contributed by atoms with Crippen molar-refractivity contribution < 1.29 is 18.3 Å². The SMILES string of the molecule is Cc1ccccc1CC(O)c1ccc(Br)cc1C(F)(F)F. The van der Waals surface area contributed by atoms with Crippen molar-refractivity contribution in [1.82, 2.24) is 0 Å². The molecule has 0 amide bonds. The fourth-order valence-electron chi connectivity index (χ4n) is 2.22. The average Bonchev–Trinajstić information content (AvgIpc) is 2.40. The smallest absolute Gasteiger partial charge is 0.388 e. The summed E-state index contributed by atoms with van der Waals surface area (Å²) < 4.78 is 39.6. The van der Waals surface area contributed by atoms with E-state index in [9.17, 15) is 18.3 Å². The molecule has 0 bridgehead atoms. The van der Waals surface area contributed by atoms with E-state index in [1.54, 1.807) is 6.07 Å². The van der Waals surface area contributed by atoms with E-state index in [4.69, 9.17) is 0 Å². The molecule has 0 spiro atoms. The Hall–Kier alpha value is -1.33. The summed E-state index contributed by atoms with van der Waals surface area (Å²) in [5, 5.41) is 10.2. The van der Waals surface area contributed by atoms with E-state index < -0.39 is 17.8 Å². The van der Waals surface area contributed by atoms with E-state index >= 15 is 0 Å². The van der Waals surface area contributed by atoms with Crippen molar-refractivity contribution in [1.29, 1.82) is 0 Å². The van der Waals surface area contributed by atoms with Gasteiger partial charge >= 0.3 is 6.18 Å². The summed E-state index contributed by atoms with van der Waals surface area (Å²) in [5.74, 6) is 0. The lowest BCUT2D eigenvalue weighted by molar-refractivity contribution is -0.139. The third-order valence-corrected chi connectivity index (χ3v) is 3.85. The molecule has 0 heterocycles. The second-order valence-corrected chi connectivity index (χ2v) is 5.79. The highest BCUT2D eigenvalue weighted by molar-refractivity contribution is 9.10. The van der Waals surface area contributed by atoms with Crippen molar-refractivity contribution in [2.75, 3.05) is 0 Å². The summed E-state index contributed by atoms with van der Waals surface area (Å²) in [4.78, 5) is 0. The van der Waals surface area contributed by atoms with Crippen LogP contribution in [0.4, 0.5) is 13.2 Å². The molecule has 0 aliphatic rings. The van der Waals surface area contributed by atoms with Crippen molar-refractivity contribution in [3.05, 3.63) is 69.2 Å². The maximum absolute atomic E-state index is 13.1. The topological polar surface area (TPSA) is 20.2 Å². The molecule has 0 radical (unpaired) electrons. The Morgan fingerprint density at radius 3 is 2.43 bits per heavy atom. The zero-order chi connectivity index (χ0) is 15.6. The normalized spacial score (nSPS) is 13.2. The number of alkyl halides is 3. The van der Waals surface area contributed by atoms with Gasteiger partial charge in [0, 0.05) is 10.9 Å². The molecule has 5 heteroatoms. The molecule has 1 N–H and O–H groups in total. The molecule has 2 aromatic rings. The minimum Gasteiger partial charge on any atom is -0.388 e. The van der Waals surface area contributed by atoms with E-state index in [0.717, 1.165) is 17.2 Å². The van der Waals surface area contributed by atoms with Gasteiger partial charge in [-0.1, -0.05) is 46.3 Å². The maximum Gasteiger partial charge on any atom is 0.416 e. The molecule has 112 valence electrons. The molecule has 1 atom stereocenters. The molecule has 0 aliphatic heterocycles. The highest BCUT2D eigenvalue weighted by atomic mass is 79.9. The van der Waals surface area contributed by atoms with Crippen molar-refractivity contribution in [2.45, 2.75) is 25.6 Å². The lowest BCUT2D eigenvalue weighted by Crippen LogP contribution is -2.13. The van der Waals surface area contributed by atoms with E-state index in [2.05, 4.69) is 15.9 Å². The van der Waals surface area contributed by atoms with Crippen LogP contribution < -0.4 is 0 Å². The molecule has 21 heavy (non-hydrogen) atoms.